The van der Waals surface area contributed by atoms with Crippen LogP contribution in [-0.2, 0) is 0 Å². The highest BCUT2D eigenvalue weighted by Crippen LogP contribution is 2.20. The van der Waals surface area contributed by atoms with Gasteiger partial charge in [-0.1, -0.05) is 23.4 Å². The number of hydrogen-bond donors (Lipinski definition) is 3. The summed E-state index contributed by atoms with van der Waals surface area (Å²) in [4.78, 5) is 11.9. The van der Waals surface area contributed by atoms with Crippen molar-refractivity contribution >= 4 is 23.2 Å². The lowest BCUT2D eigenvalue weighted by molar-refractivity contribution is 0.102. The molecule has 0 atom stereocenters. The van der Waals surface area contributed by atoms with Crippen LogP contribution in [0.25, 0.3) is 0 Å². The first-order valence-corrected chi connectivity index (χ1v) is 5.87. The Kier molecular flexibility index (Phi) is 4.18. The van der Waals surface area contributed by atoms with Crippen molar-refractivity contribution in [3.63, 3.8) is 0 Å². The van der Waals surface area contributed by atoms with Crippen LogP contribution >= 0.6 is 11.6 Å². The van der Waals surface area contributed by atoms with Crippen molar-refractivity contribution in [1.82, 2.24) is 10.2 Å². The topological polar surface area (TPSA) is 83.8 Å². The van der Waals surface area contributed by atoms with E-state index in [4.69, 9.17) is 17.3 Å². The van der Waals surface area contributed by atoms with Gasteiger partial charge in [-0.2, -0.15) is 5.10 Å². The first-order valence-electron chi connectivity index (χ1n) is 5.49. The number of benzene rings is 1. The fourth-order valence-electron chi connectivity index (χ4n) is 1.44. The Bertz CT molecular complexity index is 640. The smallest absolute Gasteiger partial charge is 0.258 e. The Morgan fingerprint density at radius 3 is 3.05 bits per heavy atom. The van der Waals surface area contributed by atoms with Gasteiger partial charge in [-0.25, -0.2) is 0 Å². The van der Waals surface area contributed by atoms with Crippen LogP contribution in [0.15, 0.2) is 30.6 Å². The molecule has 0 unspecified atom stereocenters. The zero-order valence-electron chi connectivity index (χ0n) is 9.90. The standard InChI is InChI=1S/C13H11ClN4O/c14-11-3-4-12(9(6-11)2-1-5-15)18-13(19)10-7-16-17-8-10/h3-4,6-8H,5,15H2,(H,16,17)(H,18,19). The number of H-pyrrole nitrogens is 1. The van der Waals surface area contributed by atoms with Crippen LogP contribution in [0.5, 0.6) is 0 Å². The summed E-state index contributed by atoms with van der Waals surface area (Å²) in [5.41, 5.74) is 6.97. The van der Waals surface area contributed by atoms with Crippen molar-refractivity contribution in [3.05, 3.63) is 46.7 Å². The molecule has 19 heavy (non-hydrogen) atoms. The molecule has 0 saturated heterocycles. The van der Waals surface area contributed by atoms with Gasteiger partial charge in [0.1, 0.15) is 0 Å². The molecule has 0 aliphatic heterocycles. The SMILES string of the molecule is NCC#Cc1cc(Cl)ccc1NC(=O)c1cn[nH]c1. The number of nitrogens with two attached hydrogens (primary N) is 1. The van der Waals surface area contributed by atoms with Crippen molar-refractivity contribution < 1.29 is 4.79 Å². The number of carbonyl (C=O) groups excluding carboxylic acids is 1. The van der Waals surface area contributed by atoms with Gasteiger partial charge in [0, 0.05) is 16.8 Å². The second kappa shape index (κ2) is 6.05. The molecule has 0 aliphatic carbocycles. The maximum atomic E-state index is 11.9. The van der Waals surface area contributed by atoms with E-state index >= 15 is 0 Å². The number of aromatic nitrogens is 2. The summed E-state index contributed by atoms with van der Waals surface area (Å²) in [5, 5.41) is 9.59. The van der Waals surface area contributed by atoms with Crippen LogP contribution in [-0.4, -0.2) is 22.6 Å². The normalized spacial score (nSPS) is 9.58. The summed E-state index contributed by atoms with van der Waals surface area (Å²) < 4.78 is 0. The highest BCUT2D eigenvalue weighted by atomic mass is 35.5. The summed E-state index contributed by atoms with van der Waals surface area (Å²) in [6, 6.07) is 5.05. The molecule has 1 aromatic heterocycles. The average Bonchev–Trinajstić information content (AvgIpc) is 2.93. The van der Waals surface area contributed by atoms with Gasteiger partial charge in [-0.05, 0) is 18.2 Å². The summed E-state index contributed by atoms with van der Waals surface area (Å²) >= 11 is 5.91. The van der Waals surface area contributed by atoms with Gasteiger partial charge >= 0.3 is 0 Å². The average molecular weight is 275 g/mol. The minimum Gasteiger partial charge on any atom is -0.321 e. The summed E-state index contributed by atoms with van der Waals surface area (Å²) in [5.74, 6) is 5.32. The number of aromatic amines is 1. The van der Waals surface area contributed by atoms with Crippen LogP contribution < -0.4 is 11.1 Å². The predicted octanol–water partition coefficient (Wildman–Crippen LogP) is 1.63. The van der Waals surface area contributed by atoms with E-state index < -0.39 is 0 Å². The van der Waals surface area contributed by atoms with Crippen molar-refractivity contribution in [2.75, 3.05) is 11.9 Å². The van der Waals surface area contributed by atoms with E-state index in [1.54, 1.807) is 18.2 Å². The maximum absolute atomic E-state index is 11.9. The molecular weight excluding hydrogens is 264 g/mol. The maximum Gasteiger partial charge on any atom is 0.258 e. The van der Waals surface area contributed by atoms with Crippen LogP contribution in [0.3, 0.4) is 0 Å². The second-order valence-electron chi connectivity index (χ2n) is 3.64. The van der Waals surface area contributed by atoms with E-state index in [0.717, 1.165) is 0 Å². The molecule has 1 amide bonds. The monoisotopic (exact) mass is 274 g/mol. The molecule has 0 saturated carbocycles. The molecule has 0 bridgehead atoms. The number of amides is 1. The van der Waals surface area contributed by atoms with Gasteiger partial charge in [-0.15, -0.1) is 0 Å². The first kappa shape index (κ1) is 13.1. The summed E-state index contributed by atoms with van der Waals surface area (Å²) in [6.45, 7) is 0.238. The number of halogens is 1. The van der Waals surface area contributed by atoms with Crippen molar-refractivity contribution in [3.8, 4) is 11.8 Å². The van der Waals surface area contributed by atoms with E-state index in [-0.39, 0.29) is 12.5 Å². The molecule has 5 nitrogen and oxygen atoms in total. The Labute approximate surface area is 115 Å². The van der Waals surface area contributed by atoms with Gasteiger partial charge < -0.3 is 11.1 Å². The van der Waals surface area contributed by atoms with E-state index in [2.05, 4.69) is 27.4 Å². The molecule has 0 radical (unpaired) electrons. The fourth-order valence-corrected chi connectivity index (χ4v) is 1.62. The second-order valence-corrected chi connectivity index (χ2v) is 4.07. The van der Waals surface area contributed by atoms with Crippen LogP contribution in [0.4, 0.5) is 5.69 Å². The summed E-state index contributed by atoms with van der Waals surface area (Å²) in [6.07, 6.45) is 2.95. The lowest BCUT2D eigenvalue weighted by Crippen LogP contribution is -2.12. The molecule has 2 rings (SSSR count). The van der Waals surface area contributed by atoms with Gasteiger partial charge in [0.25, 0.3) is 5.91 Å². The van der Waals surface area contributed by atoms with Crippen LogP contribution in [0, 0.1) is 11.8 Å². The number of anilines is 1. The molecule has 6 heteroatoms. The quantitative estimate of drug-likeness (QED) is 0.728. The van der Waals surface area contributed by atoms with Crippen LogP contribution in [0.2, 0.25) is 5.02 Å². The molecule has 2 aromatic rings. The zero-order valence-corrected chi connectivity index (χ0v) is 10.7. The Morgan fingerprint density at radius 1 is 1.53 bits per heavy atom. The van der Waals surface area contributed by atoms with Crippen molar-refractivity contribution in [1.29, 1.82) is 0 Å². The lowest BCUT2D eigenvalue weighted by Gasteiger charge is -2.06. The molecule has 0 aliphatic rings. The lowest BCUT2D eigenvalue weighted by atomic mass is 10.1. The first-order chi connectivity index (χ1) is 9.20. The minimum absolute atomic E-state index is 0.238. The third-order valence-electron chi connectivity index (χ3n) is 2.32. The summed E-state index contributed by atoms with van der Waals surface area (Å²) in [7, 11) is 0. The Morgan fingerprint density at radius 2 is 2.37 bits per heavy atom. The number of carbonyl (C=O) groups is 1. The van der Waals surface area contributed by atoms with Gasteiger partial charge in [-0.3, -0.25) is 9.89 Å². The van der Waals surface area contributed by atoms with E-state index in [1.165, 1.54) is 12.4 Å². The van der Waals surface area contributed by atoms with Crippen molar-refractivity contribution in [2.24, 2.45) is 5.73 Å². The molecule has 0 spiro atoms. The third kappa shape index (κ3) is 3.35. The van der Waals surface area contributed by atoms with Gasteiger partial charge in [0.05, 0.1) is 24.0 Å². The van der Waals surface area contributed by atoms with E-state index in [0.29, 0.717) is 21.8 Å². The molecule has 96 valence electrons. The molecule has 0 fully saturated rings. The van der Waals surface area contributed by atoms with Crippen LogP contribution in [0.1, 0.15) is 15.9 Å². The minimum atomic E-state index is -0.271. The number of nitrogens with one attached hydrogen (secondary N) is 2. The number of nitrogens with zero attached hydrogens (tertiary/aromatic N) is 1. The van der Waals surface area contributed by atoms with Gasteiger partial charge in [0.15, 0.2) is 0 Å². The van der Waals surface area contributed by atoms with Gasteiger partial charge in [0.2, 0.25) is 0 Å². The molecule has 1 aromatic carbocycles. The fraction of sp³-hybridized carbons (Fsp3) is 0.0769. The highest BCUT2D eigenvalue weighted by Gasteiger charge is 2.09. The third-order valence-corrected chi connectivity index (χ3v) is 2.55. The molecular formula is C13H11ClN4O. The van der Waals surface area contributed by atoms with Crippen molar-refractivity contribution in [2.45, 2.75) is 0 Å². The predicted molar refractivity (Wildman–Crippen MR) is 73.9 cm³/mol. The van der Waals surface area contributed by atoms with E-state index in [1.807, 2.05) is 0 Å². The number of hydrogen-bond acceptors (Lipinski definition) is 3. The Hall–Kier alpha value is -2.29. The molecule has 1 heterocycles. The van der Waals surface area contributed by atoms with E-state index in [9.17, 15) is 4.79 Å². The number of rotatable bonds is 2. The Balaban J connectivity index is 2.27. The molecule has 4 N–H and O–H groups in total. The highest BCUT2D eigenvalue weighted by molar-refractivity contribution is 6.30. The zero-order chi connectivity index (χ0) is 13.7. The largest absolute Gasteiger partial charge is 0.321 e.